The van der Waals surface area contributed by atoms with Gasteiger partial charge in [0.05, 0.1) is 23.4 Å². The van der Waals surface area contributed by atoms with E-state index in [1.54, 1.807) is 0 Å². The minimum atomic E-state index is -0.00783. The summed E-state index contributed by atoms with van der Waals surface area (Å²) in [7, 11) is 0. The van der Waals surface area contributed by atoms with Gasteiger partial charge in [0.25, 0.3) is 0 Å². The standard InChI is InChI=1S/C14H21ClN2O/c1-10(16)11-5-6-14(13(15)8-11)17-7-3-2-4-12(17)9-18/h5-6,8,10,12,18H,2-4,7,9,16H2,1H3/t10-,12?/m1/s1. The Morgan fingerprint density at radius 3 is 2.89 bits per heavy atom. The zero-order chi connectivity index (χ0) is 13.1. The molecule has 3 nitrogen and oxygen atoms in total. The summed E-state index contributed by atoms with van der Waals surface area (Å²) in [6.07, 6.45) is 3.36. The largest absolute Gasteiger partial charge is 0.394 e. The highest BCUT2D eigenvalue weighted by Crippen LogP contribution is 2.32. The van der Waals surface area contributed by atoms with Crippen molar-refractivity contribution < 1.29 is 5.11 Å². The predicted molar refractivity (Wildman–Crippen MR) is 76.1 cm³/mol. The van der Waals surface area contributed by atoms with Gasteiger partial charge in [-0.05, 0) is 43.9 Å². The summed E-state index contributed by atoms with van der Waals surface area (Å²) >= 11 is 6.35. The number of rotatable bonds is 3. The SMILES string of the molecule is C[C@@H](N)c1ccc(N2CCCCC2CO)c(Cl)c1. The van der Waals surface area contributed by atoms with Gasteiger partial charge in [-0.3, -0.25) is 0 Å². The molecule has 1 aliphatic heterocycles. The second kappa shape index (κ2) is 5.91. The van der Waals surface area contributed by atoms with E-state index >= 15 is 0 Å². The first-order valence-corrected chi connectivity index (χ1v) is 6.94. The normalized spacial score (nSPS) is 22.0. The third-order valence-corrected chi connectivity index (χ3v) is 3.95. The van der Waals surface area contributed by atoms with Crippen molar-refractivity contribution in [2.75, 3.05) is 18.1 Å². The molecule has 0 amide bonds. The molecule has 2 atom stereocenters. The van der Waals surface area contributed by atoms with Crippen molar-refractivity contribution in [2.24, 2.45) is 5.73 Å². The Balaban J connectivity index is 2.26. The van der Waals surface area contributed by atoms with Gasteiger partial charge in [0.15, 0.2) is 0 Å². The lowest BCUT2D eigenvalue weighted by Crippen LogP contribution is -2.42. The molecular formula is C14H21ClN2O. The summed E-state index contributed by atoms with van der Waals surface area (Å²) in [6, 6.07) is 6.16. The lowest BCUT2D eigenvalue weighted by Gasteiger charge is -2.37. The number of halogens is 1. The van der Waals surface area contributed by atoms with E-state index in [1.807, 2.05) is 25.1 Å². The van der Waals surface area contributed by atoms with E-state index in [0.29, 0.717) is 0 Å². The molecule has 0 radical (unpaired) electrons. The van der Waals surface area contributed by atoms with Crippen LogP contribution in [0.2, 0.25) is 5.02 Å². The molecule has 100 valence electrons. The van der Waals surface area contributed by atoms with Crippen LogP contribution in [-0.4, -0.2) is 24.3 Å². The Morgan fingerprint density at radius 2 is 2.28 bits per heavy atom. The third kappa shape index (κ3) is 2.79. The van der Waals surface area contributed by atoms with Crippen molar-refractivity contribution in [3.05, 3.63) is 28.8 Å². The van der Waals surface area contributed by atoms with Crippen molar-refractivity contribution in [1.29, 1.82) is 0 Å². The second-order valence-corrected chi connectivity index (χ2v) is 5.43. The molecule has 1 aromatic rings. The number of aliphatic hydroxyl groups excluding tert-OH is 1. The highest BCUT2D eigenvalue weighted by atomic mass is 35.5. The van der Waals surface area contributed by atoms with E-state index in [9.17, 15) is 5.11 Å². The Bertz CT molecular complexity index is 409. The van der Waals surface area contributed by atoms with Crippen molar-refractivity contribution in [2.45, 2.75) is 38.3 Å². The minimum absolute atomic E-state index is 0.00783. The number of anilines is 1. The van der Waals surface area contributed by atoms with Gasteiger partial charge in [0, 0.05) is 12.6 Å². The Hall–Kier alpha value is -0.770. The molecule has 1 heterocycles. The van der Waals surface area contributed by atoms with Crippen molar-refractivity contribution in [3.8, 4) is 0 Å². The van der Waals surface area contributed by atoms with E-state index in [1.165, 1.54) is 6.42 Å². The first kappa shape index (κ1) is 13.7. The van der Waals surface area contributed by atoms with Crippen LogP contribution in [0, 0.1) is 0 Å². The highest BCUT2D eigenvalue weighted by molar-refractivity contribution is 6.33. The molecule has 18 heavy (non-hydrogen) atoms. The molecular weight excluding hydrogens is 248 g/mol. The van der Waals surface area contributed by atoms with E-state index in [4.69, 9.17) is 17.3 Å². The van der Waals surface area contributed by atoms with Gasteiger partial charge in [0.1, 0.15) is 0 Å². The third-order valence-electron chi connectivity index (χ3n) is 3.64. The van der Waals surface area contributed by atoms with Gasteiger partial charge in [-0.15, -0.1) is 0 Å². The summed E-state index contributed by atoms with van der Waals surface area (Å²) in [6.45, 7) is 3.09. The van der Waals surface area contributed by atoms with Gasteiger partial charge < -0.3 is 15.7 Å². The monoisotopic (exact) mass is 268 g/mol. The Labute approximate surface area is 114 Å². The average Bonchev–Trinajstić information content (AvgIpc) is 2.38. The molecule has 1 aliphatic rings. The van der Waals surface area contributed by atoms with E-state index in [2.05, 4.69) is 4.90 Å². The number of aliphatic hydroxyl groups is 1. The number of benzene rings is 1. The number of nitrogens with two attached hydrogens (primary N) is 1. The van der Waals surface area contributed by atoms with Crippen LogP contribution < -0.4 is 10.6 Å². The highest BCUT2D eigenvalue weighted by Gasteiger charge is 2.23. The maximum absolute atomic E-state index is 9.45. The van der Waals surface area contributed by atoms with Gasteiger partial charge in [-0.1, -0.05) is 17.7 Å². The van der Waals surface area contributed by atoms with Gasteiger partial charge in [0.2, 0.25) is 0 Å². The summed E-state index contributed by atoms with van der Waals surface area (Å²) < 4.78 is 0. The molecule has 0 aliphatic carbocycles. The topological polar surface area (TPSA) is 49.5 Å². The van der Waals surface area contributed by atoms with E-state index in [0.717, 1.165) is 35.7 Å². The molecule has 4 heteroatoms. The Kier molecular flexibility index (Phi) is 4.49. The second-order valence-electron chi connectivity index (χ2n) is 5.03. The van der Waals surface area contributed by atoms with Gasteiger partial charge in [-0.2, -0.15) is 0 Å². The van der Waals surface area contributed by atoms with Crippen LogP contribution >= 0.6 is 11.6 Å². The maximum Gasteiger partial charge on any atom is 0.0643 e. The van der Waals surface area contributed by atoms with Crippen LogP contribution in [0.3, 0.4) is 0 Å². The van der Waals surface area contributed by atoms with Crippen molar-refractivity contribution in [1.82, 2.24) is 0 Å². The lowest BCUT2D eigenvalue weighted by atomic mass is 10.0. The van der Waals surface area contributed by atoms with Crippen LogP contribution in [0.1, 0.15) is 37.8 Å². The summed E-state index contributed by atoms with van der Waals surface area (Å²) in [4.78, 5) is 2.22. The summed E-state index contributed by atoms with van der Waals surface area (Å²) in [5.41, 5.74) is 7.91. The number of piperidine rings is 1. The van der Waals surface area contributed by atoms with Crippen LogP contribution in [-0.2, 0) is 0 Å². The minimum Gasteiger partial charge on any atom is -0.394 e. The zero-order valence-electron chi connectivity index (χ0n) is 10.8. The van der Waals surface area contributed by atoms with Gasteiger partial charge >= 0.3 is 0 Å². The molecule has 0 spiro atoms. The maximum atomic E-state index is 9.45. The molecule has 2 rings (SSSR count). The molecule has 0 aromatic heterocycles. The van der Waals surface area contributed by atoms with Crippen LogP contribution in [0.15, 0.2) is 18.2 Å². The predicted octanol–water partition coefficient (Wildman–Crippen LogP) is 2.71. The van der Waals surface area contributed by atoms with Crippen molar-refractivity contribution in [3.63, 3.8) is 0 Å². The van der Waals surface area contributed by atoms with Crippen LogP contribution in [0.25, 0.3) is 0 Å². The first-order valence-electron chi connectivity index (χ1n) is 6.56. The quantitative estimate of drug-likeness (QED) is 0.886. The fraction of sp³-hybridized carbons (Fsp3) is 0.571. The fourth-order valence-electron chi connectivity index (χ4n) is 2.55. The molecule has 1 saturated heterocycles. The molecule has 0 bridgehead atoms. The van der Waals surface area contributed by atoms with Gasteiger partial charge in [-0.25, -0.2) is 0 Å². The molecule has 1 aromatic carbocycles. The number of nitrogens with zero attached hydrogens (tertiary/aromatic N) is 1. The smallest absolute Gasteiger partial charge is 0.0643 e. The number of hydrogen-bond donors (Lipinski definition) is 2. The first-order chi connectivity index (χ1) is 8.63. The molecule has 3 N–H and O–H groups in total. The molecule has 0 saturated carbocycles. The molecule has 1 fully saturated rings. The Morgan fingerprint density at radius 1 is 1.50 bits per heavy atom. The lowest BCUT2D eigenvalue weighted by molar-refractivity contribution is 0.240. The summed E-state index contributed by atoms with van der Waals surface area (Å²) in [5.74, 6) is 0. The molecule has 1 unspecified atom stereocenters. The number of hydrogen-bond acceptors (Lipinski definition) is 3. The fourth-order valence-corrected chi connectivity index (χ4v) is 2.84. The van der Waals surface area contributed by atoms with Crippen LogP contribution in [0.5, 0.6) is 0 Å². The zero-order valence-corrected chi connectivity index (χ0v) is 11.5. The van der Waals surface area contributed by atoms with E-state index < -0.39 is 0 Å². The van der Waals surface area contributed by atoms with Crippen molar-refractivity contribution >= 4 is 17.3 Å². The van der Waals surface area contributed by atoms with E-state index in [-0.39, 0.29) is 18.7 Å². The van der Waals surface area contributed by atoms with Crippen LogP contribution in [0.4, 0.5) is 5.69 Å². The average molecular weight is 269 g/mol. The summed E-state index contributed by atoms with van der Waals surface area (Å²) in [5, 5.41) is 10.2.